The Morgan fingerprint density at radius 1 is 1.55 bits per heavy atom. The molecule has 64 valence electrons. The highest BCUT2D eigenvalue weighted by Gasteiger charge is 2.05. The lowest BCUT2D eigenvalue weighted by Crippen LogP contribution is -2.00. The molecule has 0 amide bonds. The molecule has 0 aromatic heterocycles. The maximum Gasteiger partial charge on any atom is 0.328 e. The van der Waals surface area contributed by atoms with Crippen LogP contribution in [0.1, 0.15) is 33.6 Å². The van der Waals surface area contributed by atoms with Crippen molar-refractivity contribution in [1.82, 2.24) is 0 Å². The first-order valence-electron chi connectivity index (χ1n) is 4.05. The molecule has 0 aromatic carbocycles. The van der Waals surface area contributed by atoms with Crippen molar-refractivity contribution in [2.45, 2.75) is 33.6 Å². The normalized spacial score (nSPS) is 14.6. The van der Waals surface area contributed by atoms with E-state index in [0.717, 1.165) is 18.4 Å². The monoisotopic (exact) mass is 156 g/mol. The molecule has 0 heterocycles. The minimum Gasteiger partial charge on any atom is -0.478 e. The Balaban J connectivity index is 4.26. The second-order valence-corrected chi connectivity index (χ2v) is 2.72. The van der Waals surface area contributed by atoms with Crippen molar-refractivity contribution in [3.63, 3.8) is 0 Å². The van der Waals surface area contributed by atoms with E-state index in [2.05, 4.69) is 13.8 Å². The van der Waals surface area contributed by atoms with Gasteiger partial charge in [-0.25, -0.2) is 4.79 Å². The van der Waals surface area contributed by atoms with E-state index in [-0.39, 0.29) is 0 Å². The van der Waals surface area contributed by atoms with Crippen LogP contribution in [0.2, 0.25) is 0 Å². The van der Waals surface area contributed by atoms with Crippen LogP contribution in [-0.4, -0.2) is 11.1 Å². The van der Waals surface area contributed by atoms with Gasteiger partial charge in [0.05, 0.1) is 0 Å². The Morgan fingerprint density at radius 3 is 2.36 bits per heavy atom. The molecular formula is C9H16O2. The van der Waals surface area contributed by atoms with Gasteiger partial charge in [0.25, 0.3) is 0 Å². The topological polar surface area (TPSA) is 37.3 Å². The predicted octanol–water partition coefficient (Wildman–Crippen LogP) is 2.45. The fourth-order valence-corrected chi connectivity index (χ4v) is 1.01. The van der Waals surface area contributed by atoms with Crippen molar-refractivity contribution in [2.75, 3.05) is 0 Å². The summed E-state index contributed by atoms with van der Waals surface area (Å²) in [7, 11) is 0. The minimum atomic E-state index is -0.831. The van der Waals surface area contributed by atoms with E-state index >= 15 is 0 Å². The second-order valence-electron chi connectivity index (χ2n) is 2.72. The average Bonchev–Trinajstić information content (AvgIpc) is 1.98. The first-order valence-corrected chi connectivity index (χ1v) is 4.05. The molecule has 0 aliphatic heterocycles. The number of hydrogen-bond acceptors (Lipinski definition) is 1. The fraction of sp³-hybridized carbons (Fsp3) is 0.667. The second kappa shape index (κ2) is 4.94. The Bertz CT molecular complexity index is 159. The third kappa shape index (κ3) is 3.81. The number of carbonyl (C=O) groups is 1. The van der Waals surface area contributed by atoms with Gasteiger partial charge < -0.3 is 5.11 Å². The molecule has 0 bridgehead atoms. The van der Waals surface area contributed by atoms with Gasteiger partial charge in [-0.05, 0) is 18.8 Å². The summed E-state index contributed by atoms with van der Waals surface area (Å²) in [4.78, 5) is 10.3. The molecule has 1 N–H and O–H groups in total. The summed E-state index contributed by atoms with van der Waals surface area (Å²) in [6.07, 6.45) is 3.17. The SMILES string of the molecule is CCC(=CC(=O)O)C(C)CC. The molecule has 0 aliphatic rings. The average molecular weight is 156 g/mol. The highest BCUT2D eigenvalue weighted by molar-refractivity contribution is 5.80. The van der Waals surface area contributed by atoms with E-state index in [1.807, 2.05) is 6.92 Å². The molecule has 0 aliphatic carbocycles. The molecule has 0 saturated carbocycles. The van der Waals surface area contributed by atoms with Crippen LogP contribution in [0.15, 0.2) is 11.6 Å². The first kappa shape index (κ1) is 10.2. The van der Waals surface area contributed by atoms with Crippen LogP contribution in [0.25, 0.3) is 0 Å². The molecule has 0 saturated heterocycles. The van der Waals surface area contributed by atoms with Gasteiger partial charge in [-0.3, -0.25) is 0 Å². The van der Waals surface area contributed by atoms with Crippen molar-refractivity contribution in [2.24, 2.45) is 5.92 Å². The molecule has 2 heteroatoms. The van der Waals surface area contributed by atoms with Crippen molar-refractivity contribution >= 4 is 5.97 Å². The van der Waals surface area contributed by atoms with Crippen LogP contribution in [0.5, 0.6) is 0 Å². The zero-order valence-electron chi connectivity index (χ0n) is 7.42. The Hall–Kier alpha value is -0.790. The zero-order chi connectivity index (χ0) is 8.85. The van der Waals surface area contributed by atoms with Crippen LogP contribution in [0.3, 0.4) is 0 Å². The van der Waals surface area contributed by atoms with Crippen LogP contribution < -0.4 is 0 Å². The Morgan fingerprint density at radius 2 is 2.09 bits per heavy atom. The van der Waals surface area contributed by atoms with E-state index in [4.69, 9.17) is 5.11 Å². The van der Waals surface area contributed by atoms with Gasteiger partial charge in [0.1, 0.15) is 0 Å². The zero-order valence-corrected chi connectivity index (χ0v) is 7.42. The van der Waals surface area contributed by atoms with Gasteiger partial charge in [0.2, 0.25) is 0 Å². The summed E-state index contributed by atoms with van der Waals surface area (Å²) in [5.74, 6) is -0.432. The third-order valence-corrected chi connectivity index (χ3v) is 1.96. The van der Waals surface area contributed by atoms with E-state index in [1.54, 1.807) is 0 Å². The number of aliphatic carboxylic acids is 1. The number of carboxylic acid groups (broad SMARTS) is 1. The molecule has 1 atom stereocenters. The molecule has 1 unspecified atom stereocenters. The Labute approximate surface area is 67.9 Å². The Kier molecular flexibility index (Phi) is 4.59. The highest BCUT2D eigenvalue weighted by atomic mass is 16.4. The summed E-state index contributed by atoms with van der Waals surface area (Å²) >= 11 is 0. The van der Waals surface area contributed by atoms with E-state index in [9.17, 15) is 4.79 Å². The summed E-state index contributed by atoms with van der Waals surface area (Å²) in [5.41, 5.74) is 1.03. The first-order chi connectivity index (χ1) is 5.11. The van der Waals surface area contributed by atoms with Crippen LogP contribution in [0.4, 0.5) is 0 Å². The molecular weight excluding hydrogens is 140 g/mol. The molecule has 0 aromatic rings. The smallest absolute Gasteiger partial charge is 0.328 e. The minimum absolute atomic E-state index is 0.399. The summed E-state index contributed by atoms with van der Waals surface area (Å²) in [6, 6.07) is 0. The lowest BCUT2D eigenvalue weighted by atomic mass is 9.96. The van der Waals surface area contributed by atoms with Crippen molar-refractivity contribution < 1.29 is 9.90 Å². The van der Waals surface area contributed by atoms with Crippen LogP contribution in [0, 0.1) is 5.92 Å². The van der Waals surface area contributed by atoms with Gasteiger partial charge >= 0.3 is 5.97 Å². The van der Waals surface area contributed by atoms with Crippen LogP contribution >= 0.6 is 0 Å². The van der Waals surface area contributed by atoms with Crippen molar-refractivity contribution in [1.29, 1.82) is 0 Å². The number of allylic oxidation sites excluding steroid dienone is 1. The largest absolute Gasteiger partial charge is 0.478 e. The molecule has 2 nitrogen and oxygen atoms in total. The van der Waals surface area contributed by atoms with E-state index < -0.39 is 5.97 Å². The van der Waals surface area contributed by atoms with E-state index in [0.29, 0.717) is 5.92 Å². The van der Waals surface area contributed by atoms with Crippen molar-refractivity contribution in [3.8, 4) is 0 Å². The number of carboxylic acids is 1. The maximum atomic E-state index is 10.3. The quantitative estimate of drug-likeness (QED) is 0.635. The third-order valence-electron chi connectivity index (χ3n) is 1.96. The van der Waals surface area contributed by atoms with Crippen LogP contribution in [-0.2, 0) is 4.79 Å². The van der Waals surface area contributed by atoms with Gasteiger partial charge in [-0.15, -0.1) is 0 Å². The van der Waals surface area contributed by atoms with E-state index in [1.165, 1.54) is 6.08 Å². The summed E-state index contributed by atoms with van der Waals surface area (Å²) < 4.78 is 0. The van der Waals surface area contributed by atoms with Gasteiger partial charge in [-0.2, -0.15) is 0 Å². The number of hydrogen-bond donors (Lipinski definition) is 1. The summed E-state index contributed by atoms with van der Waals surface area (Å²) in [6.45, 7) is 6.11. The lowest BCUT2D eigenvalue weighted by molar-refractivity contribution is -0.131. The van der Waals surface area contributed by atoms with Crippen molar-refractivity contribution in [3.05, 3.63) is 11.6 Å². The standard InChI is InChI=1S/C9H16O2/c1-4-7(3)8(5-2)6-9(10)11/h6-7H,4-5H2,1-3H3,(H,10,11). The number of rotatable bonds is 4. The fourth-order valence-electron chi connectivity index (χ4n) is 1.01. The van der Waals surface area contributed by atoms with Gasteiger partial charge in [-0.1, -0.05) is 26.3 Å². The van der Waals surface area contributed by atoms with Gasteiger partial charge in [0.15, 0.2) is 0 Å². The molecule has 0 rings (SSSR count). The molecule has 0 spiro atoms. The molecule has 0 fully saturated rings. The maximum absolute atomic E-state index is 10.3. The highest BCUT2D eigenvalue weighted by Crippen LogP contribution is 2.16. The predicted molar refractivity (Wildman–Crippen MR) is 45.5 cm³/mol. The summed E-state index contributed by atoms with van der Waals surface area (Å²) in [5, 5.41) is 8.48. The lowest BCUT2D eigenvalue weighted by Gasteiger charge is -2.10. The molecule has 0 radical (unpaired) electrons. The molecule has 11 heavy (non-hydrogen) atoms. The van der Waals surface area contributed by atoms with Gasteiger partial charge in [0, 0.05) is 6.08 Å².